The summed E-state index contributed by atoms with van der Waals surface area (Å²) in [6.45, 7) is 0.464. The molecule has 1 unspecified atom stereocenters. The van der Waals surface area contributed by atoms with Gasteiger partial charge < -0.3 is 11.1 Å². The van der Waals surface area contributed by atoms with Crippen molar-refractivity contribution in [1.82, 2.24) is 10.3 Å². The van der Waals surface area contributed by atoms with E-state index in [0.717, 1.165) is 27.2 Å². The molecule has 0 saturated heterocycles. The van der Waals surface area contributed by atoms with Gasteiger partial charge in [0.2, 0.25) is 0 Å². The number of nitrogens with zero attached hydrogens (tertiary/aromatic N) is 1. The van der Waals surface area contributed by atoms with E-state index in [1.807, 2.05) is 24.3 Å². The van der Waals surface area contributed by atoms with Crippen molar-refractivity contribution in [3.8, 4) is 0 Å². The van der Waals surface area contributed by atoms with Crippen LogP contribution in [0.15, 0.2) is 34.1 Å². The van der Waals surface area contributed by atoms with Gasteiger partial charge in [0.15, 0.2) is 0 Å². The highest BCUT2D eigenvalue weighted by Gasteiger charge is 2.15. The molecular weight excluding hydrogens is 382 g/mol. The second-order valence-electron chi connectivity index (χ2n) is 4.73. The molecule has 0 aliphatic rings. The molecule has 1 atom stereocenters. The first-order valence-electron chi connectivity index (χ1n) is 6.83. The number of halogens is 1. The Balaban J connectivity index is 1.93. The lowest BCUT2D eigenvalue weighted by Gasteiger charge is -2.07. The van der Waals surface area contributed by atoms with Gasteiger partial charge in [0, 0.05) is 16.4 Å². The second kappa shape index (κ2) is 8.67. The number of amides is 1. The lowest BCUT2D eigenvalue weighted by Crippen LogP contribution is -2.23. The Morgan fingerprint density at radius 3 is 3.00 bits per heavy atom. The summed E-state index contributed by atoms with van der Waals surface area (Å²) in [5.41, 5.74) is 7.54. The first-order valence-corrected chi connectivity index (χ1v) is 9.90. The predicted octanol–water partition coefficient (Wildman–Crippen LogP) is 3.59. The molecule has 0 bridgehead atoms. The standard InChI is InChI=1S/C15H18BrN3OS2/c1-21-7-6-12(17)15-19-13(9-22-15)14(20)18-8-10-4-2-3-5-11(10)16/h2-5,9,12H,6-8,17H2,1H3,(H,18,20). The molecule has 0 aliphatic heterocycles. The highest BCUT2D eigenvalue weighted by molar-refractivity contribution is 9.10. The fourth-order valence-corrected chi connectivity index (χ4v) is 3.59. The van der Waals surface area contributed by atoms with Gasteiger partial charge in [0.25, 0.3) is 5.91 Å². The minimum Gasteiger partial charge on any atom is -0.347 e. The molecule has 7 heteroatoms. The van der Waals surface area contributed by atoms with Gasteiger partial charge in [-0.2, -0.15) is 11.8 Å². The minimum absolute atomic E-state index is 0.0951. The smallest absolute Gasteiger partial charge is 0.271 e. The van der Waals surface area contributed by atoms with Gasteiger partial charge in [0.05, 0.1) is 6.04 Å². The Kier molecular flexibility index (Phi) is 6.88. The number of carbonyl (C=O) groups excluding carboxylic acids is 1. The zero-order valence-electron chi connectivity index (χ0n) is 12.2. The van der Waals surface area contributed by atoms with Crippen molar-refractivity contribution in [2.24, 2.45) is 5.73 Å². The van der Waals surface area contributed by atoms with Crippen LogP contribution in [0.4, 0.5) is 0 Å². The lowest BCUT2D eigenvalue weighted by molar-refractivity contribution is 0.0946. The molecule has 0 spiro atoms. The Hall–Kier alpha value is -0.890. The van der Waals surface area contributed by atoms with Crippen LogP contribution in [0.1, 0.15) is 33.5 Å². The van der Waals surface area contributed by atoms with E-state index < -0.39 is 0 Å². The van der Waals surface area contributed by atoms with Crippen molar-refractivity contribution in [2.45, 2.75) is 19.0 Å². The van der Waals surface area contributed by atoms with Crippen LogP contribution in [0, 0.1) is 0 Å². The highest BCUT2D eigenvalue weighted by Crippen LogP contribution is 2.21. The predicted molar refractivity (Wildman–Crippen MR) is 97.4 cm³/mol. The van der Waals surface area contributed by atoms with Crippen molar-refractivity contribution in [2.75, 3.05) is 12.0 Å². The molecule has 1 aromatic carbocycles. The third kappa shape index (κ3) is 4.81. The number of carbonyl (C=O) groups is 1. The highest BCUT2D eigenvalue weighted by atomic mass is 79.9. The molecular formula is C15H18BrN3OS2. The number of hydrogen-bond donors (Lipinski definition) is 2. The zero-order valence-corrected chi connectivity index (χ0v) is 15.4. The van der Waals surface area contributed by atoms with Gasteiger partial charge in [0.1, 0.15) is 10.7 Å². The number of thiazole rings is 1. The van der Waals surface area contributed by atoms with E-state index in [-0.39, 0.29) is 11.9 Å². The number of thioether (sulfide) groups is 1. The number of aromatic nitrogens is 1. The third-order valence-electron chi connectivity index (χ3n) is 3.10. The molecule has 1 amide bonds. The van der Waals surface area contributed by atoms with Crippen molar-refractivity contribution >= 4 is 44.9 Å². The summed E-state index contributed by atoms with van der Waals surface area (Å²) < 4.78 is 0.980. The summed E-state index contributed by atoms with van der Waals surface area (Å²) in [7, 11) is 0. The zero-order chi connectivity index (χ0) is 15.9. The number of nitrogens with one attached hydrogen (secondary N) is 1. The molecule has 4 nitrogen and oxygen atoms in total. The quantitative estimate of drug-likeness (QED) is 0.746. The average Bonchev–Trinajstić information content (AvgIpc) is 3.01. The molecule has 2 aromatic rings. The molecule has 1 aromatic heterocycles. The molecule has 3 N–H and O–H groups in total. The fourth-order valence-electron chi connectivity index (χ4n) is 1.84. The van der Waals surface area contributed by atoms with E-state index in [1.54, 1.807) is 17.1 Å². The van der Waals surface area contributed by atoms with Gasteiger partial charge in [-0.3, -0.25) is 4.79 Å². The van der Waals surface area contributed by atoms with Crippen LogP contribution in [0.2, 0.25) is 0 Å². The molecule has 0 radical (unpaired) electrons. The van der Waals surface area contributed by atoms with Gasteiger partial charge in [-0.15, -0.1) is 11.3 Å². The van der Waals surface area contributed by atoms with E-state index in [1.165, 1.54) is 11.3 Å². The van der Waals surface area contributed by atoms with Crippen LogP contribution in [-0.2, 0) is 6.54 Å². The maximum absolute atomic E-state index is 12.2. The topological polar surface area (TPSA) is 68.0 Å². The molecule has 118 valence electrons. The third-order valence-corrected chi connectivity index (χ3v) is 5.50. The van der Waals surface area contributed by atoms with E-state index in [9.17, 15) is 4.79 Å². The molecule has 0 fully saturated rings. The lowest BCUT2D eigenvalue weighted by atomic mass is 10.2. The van der Waals surface area contributed by atoms with E-state index in [4.69, 9.17) is 5.73 Å². The van der Waals surface area contributed by atoms with Gasteiger partial charge in [-0.05, 0) is 30.1 Å². The molecule has 22 heavy (non-hydrogen) atoms. The Labute approximate surface area is 147 Å². The number of nitrogens with two attached hydrogens (primary N) is 1. The van der Waals surface area contributed by atoms with Crippen molar-refractivity contribution in [3.05, 3.63) is 50.4 Å². The van der Waals surface area contributed by atoms with Gasteiger partial charge >= 0.3 is 0 Å². The van der Waals surface area contributed by atoms with Gasteiger partial charge in [-0.1, -0.05) is 34.1 Å². The Morgan fingerprint density at radius 1 is 1.50 bits per heavy atom. The van der Waals surface area contributed by atoms with Crippen LogP contribution in [0.5, 0.6) is 0 Å². The summed E-state index contributed by atoms with van der Waals surface area (Å²) >= 11 is 6.67. The van der Waals surface area contributed by atoms with Crippen LogP contribution < -0.4 is 11.1 Å². The fraction of sp³-hybridized carbons (Fsp3) is 0.333. The largest absolute Gasteiger partial charge is 0.347 e. The van der Waals surface area contributed by atoms with Gasteiger partial charge in [-0.25, -0.2) is 4.98 Å². The molecule has 1 heterocycles. The van der Waals surface area contributed by atoms with Crippen LogP contribution >= 0.6 is 39.0 Å². The Morgan fingerprint density at radius 2 is 2.27 bits per heavy atom. The summed E-state index contributed by atoms with van der Waals surface area (Å²) in [5, 5.41) is 5.47. The summed E-state index contributed by atoms with van der Waals surface area (Å²) in [5.74, 6) is 0.819. The Bertz CT molecular complexity index is 633. The molecule has 2 rings (SSSR count). The van der Waals surface area contributed by atoms with E-state index >= 15 is 0 Å². The maximum Gasteiger partial charge on any atom is 0.271 e. The SMILES string of the molecule is CSCCC(N)c1nc(C(=O)NCc2ccccc2Br)cs1. The minimum atomic E-state index is -0.171. The van der Waals surface area contributed by atoms with Crippen LogP contribution in [0.25, 0.3) is 0 Å². The van der Waals surface area contributed by atoms with Crippen molar-refractivity contribution in [1.29, 1.82) is 0 Å². The maximum atomic E-state index is 12.2. The number of rotatable bonds is 7. The van der Waals surface area contributed by atoms with E-state index in [0.29, 0.717) is 12.2 Å². The van der Waals surface area contributed by atoms with Crippen LogP contribution in [-0.4, -0.2) is 22.9 Å². The first-order chi connectivity index (χ1) is 10.6. The average molecular weight is 400 g/mol. The summed E-state index contributed by atoms with van der Waals surface area (Å²) in [4.78, 5) is 16.5. The van der Waals surface area contributed by atoms with Crippen LogP contribution in [0.3, 0.4) is 0 Å². The number of hydrogen-bond acceptors (Lipinski definition) is 5. The second-order valence-corrected chi connectivity index (χ2v) is 7.46. The molecule has 0 saturated carbocycles. The summed E-state index contributed by atoms with van der Waals surface area (Å²) in [6.07, 6.45) is 2.92. The monoisotopic (exact) mass is 399 g/mol. The first kappa shape index (κ1) is 17.5. The van der Waals surface area contributed by atoms with Crippen molar-refractivity contribution < 1.29 is 4.79 Å². The normalized spacial score (nSPS) is 12.1. The number of benzene rings is 1. The van der Waals surface area contributed by atoms with Crippen molar-refractivity contribution in [3.63, 3.8) is 0 Å². The van der Waals surface area contributed by atoms with E-state index in [2.05, 4.69) is 32.5 Å². The summed E-state index contributed by atoms with van der Waals surface area (Å²) in [6, 6.07) is 7.71. The molecule has 0 aliphatic carbocycles.